The van der Waals surface area contributed by atoms with Gasteiger partial charge in [0.05, 0.1) is 5.92 Å². The van der Waals surface area contributed by atoms with Gasteiger partial charge in [0.1, 0.15) is 0 Å². The fourth-order valence-corrected chi connectivity index (χ4v) is 3.04. The highest BCUT2D eigenvalue weighted by Crippen LogP contribution is 2.30. The van der Waals surface area contributed by atoms with Crippen molar-refractivity contribution in [1.29, 1.82) is 0 Å². The zero-order chi connectivity index (χ0) is 21.9. The molecule has 0 radical (unpaired) electrons. The SMILES string of the molecule is Cc1cccc(N2C[C@H](C(=O)O[C@@H](C)C(=O)NC(=O)NC(C)(C)C)CC2=O)c1C. The van der Waals surface area contributed by atoms with Crippen LogP contribution in [0.25, 0.3) is 0 Å². The molecule has 2 N–H and O–H groups in total. The van der Waals surface area contributed by atoms with Crippen molar-refractivity contribution in [1.82, 2.24) is 10.6 Å². The van der Waals surface area contributed by atoms with Gasteiger partial charge in [0.15, 0.2) is 6.10 Å². The summed E-state index contributed by atoms with van der Waals surface area (Å²) in [5.41, 5.74) is 2.30. The van der Waals surface area contributed by atoms with Crippen LogP contribution in [0, 0.1) is 19.8 Å². The molecule has 1 saturated heterocycles. The van der Waals surface area contributed by atoms with Gasteiger partial charge in [-0.05, 0) is 58.7 Å². The average molecular weight is 403 g/mol. The van der Waals surface area contributed by atoms with E-state index in [1.165, 1.54) is 6.92 Å². The van der Waals surface area contributed by atoms with E-state index in [-0.39, 0.29) is 18.9 Å². The highest BCUT2D eigenvalue weighted by molar-refractivity contribution is 6.01. The van der Waals surface area contributed by atoms with Crippen molar-refractivity contribution >= 4 is 29.5 Å². The Balaban J connectivity index is 1.95. The zero-order valence-electron chi connectivity index (χ0n) is 17.8. The second-order valence-corrected chi connectivity index (χ2v) is 8.40. The van der Waals surface area contributed by atoms with Crippen LogP contribution >= 0.6 is 0 Å². The van der Waals surface area contributed by atoms with Gasteiger partial charge >= 0.3 is 12.0 Å². The van der Waals surface area contributed by atoms with Gasteiger partial charge in [-0.1, -0.05) is 12.1 Å². The lowest BCUT2D eigenvalue weighted by Crippen LogP contribution is -2.50. The highest BCUT2D eigenvalue weighted by Gasteiger charge is 2.38. The maximum Gasteiger partial charge on any atom is 0.321 e. The Labute approximate surface area is 171 Å². The molecule has 2 rings (SSSR count). The fourth-order valence-electron chi connectivity index (χ4n) is 3.04. The topological polar surface area (TPSA) is 105 Å². The van der Waals surface area contributed by atoms with Gasteiger partial charge in [-0.15, -0.1) is 0 Å². The van der Waals surface area contributed by atoms with Crippen LogP contribution in [0.4, 0.5) is 10.5 Å². The number of amides is 4. The average Bonchev–Trinajstić information content (AvgIpc) is 2.97. The summed E-state index contributed by atoms with van der Waals surface area (Å²) in [6, 6.07) is 5.01. The summed E-state index contributed by atoms with van der Waals surface area (Å²) >= 11 is 0. The van der Waals surface area contributed by atoms with Crippen LogP contribution in [0.1, 0.15) is 45.2 Å². The number of nitrogens with zero attached hydrogens (tertiary/aromatic N) is 1. The second-order valence-electron chi connectivity index (χ2n) is 8.40. The van der Waals surface area contributed by atoms with Gasteiger partial charge in [0.2, 0.25) is 5.91 Å². The molecule has 4 amide bonds. The first-order valence-corrected chi connectivity index (χ1v) is 9.59. The number of nitrogens with one attached hydrogen (secondary N) is 2. The third-order valence-electron chi connectivity index (χ3n) is 4.71. The monoisotopic (exact) mass is 403 g/mol. The summed E-state index contributed by atoms with van der Waals surface area (Å²) in [4.78, 5) is 50.4. The van der Waals surface area contributed by atoms with E-state index >= 15 is 0 Å². The lowest BCUT2D eigenvalue weighted by atomic mass is 10.1. The minimum Gasteiger partial charge on any atom is -0.452 e. The molecule has 8 heteroatoms. The van der Waals surface area contributed by atoms with E-state index in [1.807, 2.05) is 32.0 Å². The van der Waals surface area contributed by atoms with E-state index in [0.29, 0.717) is 0 Å². The maximum atomic E-state index is 12.5. The van der Waals surface area contributed by atoms with E-state index in [0.717, 1.165) is 16.8 Å². The Morgan fingerprint density at radius 1 is 1.21 bits per heavy atom. The molecule has 1 aromatic rings. The van der Waals surface area contributed by atoms with Crippen LogP contribution < -0.4 is 15.5 Å². The molecule has 0 unspecified atom stereocenters. The molecule has 1 aliphatic heterocycles. The summed E-state index contributed by atoms with van der Waals surface area (Å²) in [7, 11) is 0. The van der Waals surface area contributed by atoms with Crippen molar-refractivity contribution in [2.45, 2.75) is 59.6 Å². The quantitative estimate of drug-likeness (QED) is 0.750. The van der Waals surface area contributed by atoms with E-state index in [4.69, 9.17) is 4.74 Å². The number of carbonyl (C=O) groups is 4. The predicted molar refractivity (Wildman–Crippen MR) is 108 cm³/mol. The number of esters is 1. The van der Waals surface area contributed by atoms with Crippen LogP contribution in [0.3, 0.4) is 0 Å². The third kappa shape index (κ3) is 5.79. The third-order valence-corrected chi connectivity index (χ3v) is 4.71. The molecule has 8 nitrogen and oxygen atoms in total. The molecule has 0 spiro atoms. The van der Waals surface area contributed by atoms with Gasteiger partial charge < -0.3 is 15.0 Å². The van der Waals surface area contributed by atoms with Crippen molar-refractivity contribution in [2.24, 2.45) is 5.92 Å². The number of hydrogen-bond donors (Lipinski definition) is 2. The summed E-state index contributed by atoms with van der Waals surface area (Å²) < 4.78 is 5.20. The lowest BCUT2D eigenvalue weighted by molar-refractivity contribution is -0.158. The first-order chi connectivity index (χ1) is 13.4. The normalized spacial score (nSPS) is 17.7. The molecule has 0 bridgehead atoms. The predicted octanol–water partition coefficient (Wildman–Crippen LogP) is 2.21. The van der Waals surface area contributed by atoms with E-state index in [1.54, 1.807) is 25.7 Å². The molecule has 0 saturated carbocycles. The largest absolute Gasteiger partial charge is 0.452 e. The van der Waals surface area contributed by atoms with Crippen molar-refractivity contribution in [3.05, 3.63) is 29.3 Å². The number of ether oxygens (including phenoxy) is 1. The Kier molecular flexibility index (Phi) is 6.66. The number of benzene rings is 1. The maximum absolute atomic E-state index is 12.5. The first-order valence-electron chi connectivity index (χ1n) is 9.59. The fraction of sp³-hybridized carbons (Fsp3) is 0.524. The van der Waals surface area contributed by atoms with Crippen molar-refractivity contribution in [3.8, 4) is 0 Å². The first kappa shape index (κ1) is 22.4. The highest BCUT2D eigenvalue weighted by atomic mass is 16.5. The number of hydrogen-bond acceptors (Lipinski definition) is 5. The molecule has 1 fully saturated rings. The van der Waals surface area contributed by atoms with Gasteiger partial charge in [-0.2, -0.15) is 0 Å². The Morgan fingerprint density at radius 3 is 2.48 bits per heavy atom. The Hall–Kier alpha value is -2.90. The molecule has 0 aromatic heterocycles. The standard InChI is InChI=1S/C21H29N3O5/c1-12-8-7-9-16(13(12)2)24-11-15(10-17(24)25)19(27)29-14(3)18(26)22-20(28)23-21(4,5)6/h7-9,14-15H,10-11H2,1-6H3,(H2,22,23,26,28)/t14-,15+/m0/s1. The number of rotatable bonds is 4. The van der Waals surface area contributed by atoms with Crippen LogP contribution in [0.5, 0.6) is 0 Å². The van der Waals surface area contributed by atoms with E-state index in [9.17, 15) is 19.2 Å². The molecule has 0 aliphatic carbocycles. The van der Waals surface area contributed by atoms with Crippen LogP contribution in [0.15, 0.2) is 18.2 Å². The van der Waals surface area contributed by atoms with Gasteiger partial charge in [0, 0.05) is 24.2 Å². The number of urea groups is 1. The lowest BCUT2D eigenvalue weighted by Gasteiger charge is -2.22. The number of aryl methyl sites for hydroxylation is 1. The number of imide groups is 1. The molecular formula is C21H29N3O5. The summed E-state index contributed by atoms with van der Waals surface area (Å²) in [5.74, 6) is -2.19. The molecular weight excluding hydrogens is 374 g/mol. The van der Waals surface area contributed by atoms with Crippen molar-refractivity contribution in [3.63, 3.8) is 0 Å². The van der Waals surface area contributed by atoms with Crippen molar-refractivity contribution in [2.75, 3.05) is 11.4 Å². The molecule has 1 heterocycles. The molecule has 2 atom stereocenters. The summed E-state index contributed by atoms with van der Waals surface area (Å²) in [6.45, 7) is 10.8. The number of carbonyl (C=O) groups excluding carboxylic acids is 4. The minimum atomic E-state index is -1.15. The minimum absolute atomic E-state index is 0.0189. The van der Waals surface area contributed by atoms with Crippen LogP contribution in [-0.4, -0.2) is 42.0 Å². The summed E-state index contributed by atoms with van der Waals surface area (Å²) in [6.07, 6.45) is -1.14. The number of anilines is 1. The van der Waals surface area contributed by atoms with E-state index < -0.39 is 35.5 Å². The smallest absolute Gasteiger partial charge is 0.321 e. The van der Waals surface area contributed by atoms with Crippen LogP contribution in [0.2, 0.25) is 0 Å². The molecule has 1 aromatic carbocycles. The van der Waals surface area contributed by atoms with Gasteiger partial charge in [-0.25, -0.2) is 4.79 Å². The molecule has 158 valence electrons. The van der Waals surface area contributed by atoms with E-state index in [2.05, 4.69) is 10.6 Å². The van der Waals surface area contributed by atoms with Gasteiger partial charge in [-0.3, -0.25) is 19.7 Å². The van der Waals surface area contributed by atoms with Crippen LogP contribution in [-0.2, 0) is 19.1 Å². The summed E-state index contributed by atoms with van der Waals surface area (Å²) in [5, 5.41) is 4.74. The second kappa shape index (κ2) is 8.63. The van der Waals surface area contributed by atoms with Gasteiger partial charge in [0.25, 0.3) is 5.91 Å². The van der Waals surface area contributed by atoms with Crippen molar-refractivity contribution < 1.29 is 23.9 Å². The molecule has 1 aliphatic rings. The zero-order valence-corrected chi connectivity index (χ0v) is 17.8. The Bertz CT molecular complexity index is 828. The molecule has 29 heavy (non-hydrogen) atoms. The Morgan fingerprint density at radius 2 is 1.86 bits per heavy atom.